The zero-order valence-corrected chi connectivity index (χ0v) is 17.0. The van der Waals surface area contributed by atoms with Crippen LogP contribution in [0.5, 0.6) is 0 Å². The lowest BCUT2D eigenvalue weighted by Gasteiger charge is -2.11. The van der Waals surface area contributed by atoms with E-state index in [0.29, 0.717) is 17.7 Å². The van der Waals surface area contributed by atoms with Gasteiger partial charge >= 0.3 is 6.18 Å². The van der Waals surface area contributed by atoms with E-state index in [4.69, 9.17) is 0 Å². The summed E-state index contributed by atoms with van der Waals surface area (Å²) in [5.41, 5.74) is 2.92. The Morgan fingerprint density at radius 1 is 0.844 bits per heavy atom. The lowest BCUT2D eigenvalue weighted by Crippen LogP contribution is -2.22. The number of aliphatic hydroxyl groups is 1. The highest BCUT2D eigenvalue weighted by molar-refractivity contribution is 6.02. The third-order valence-electron chi connectivity index (χ3n) is 5.29. The maximum absolute atomic E-state index is 12.9. The number of halogens is 3. The van der Waals surface area contributed by atoms with Gasteiger partial charge in [-0.25, -0.2) is 0 Å². The maximum atomic E-state index is 12.9. The van der Waals surface area contributed by atoms with Gasteiger partial charge in [0.25, 0.3) is 5.91 Å². The van der Waals surface area contributed by atoms with Crippen LogP contribution in [-0.2, 0) is 19.3 Å². The molecule has 3 nitrogen and oxygen atoms in total. The Morgan fingerprint density at radius 3 is 2.28 bits per heavy atom. The lowest BCUT2D eigenvalue weighted by molar-refractivity contribution is -0.137. The van der Waals surface area contributed by atoms with Crippen LogP contribution in [0.25, 0.3) is 21.9 Å². The highest BCUT2D eigenvalue weighted by Crippen LogP contribution is 2.33. The molecule has 0 aliphatic heterocycles. The van der Waals surface area contributed by atoms with Crippen LogP contribution in [0.3, 0.4) is 0 Å². The molecule has 4 rings (SSSR count). The number of benzene rings is 4. The SMILES string of the molecule is O=C(NCc1cccc(CO)c1)c1ccc2c(-c3ccc(C(F)(F)F)cc3)cccc2c1. The quantitative estimate of drug-likeness (QED) is 0.407. The van der Waals surface area contributed by atoms with Crippen LogP contribution in [-0.4, -0.2) is 11.0 Å². The Balaban J connectivity index is 1.56. The predicted octanol–water partition coefficient (Wildman–Crippen LogP) is 5.95. The molecule has 2 N–H and O–H groups in total. The molecule has 0 radical (unpaired) electrons. The molecule has 1 amide bonds. The molecular formula is C26H20F3NO2. The first-order valence-electron chi connectivity index (χ1n) is 10.0. The third-order valence-corrected chi connectivity index (χ3v) is 5.29. The van der Waals surface area contributed by atoms with Gasteiger partial charge in [-0.3, -0.25) is 4.79 Å². The van der Waals surface area contributed by atoms with E-state index in [1.807, 2.05) is 48.5 Å². The number of carbonyl (C=O) groups is 1. The Labute approximate surface area is 183 Å². The molecule has 6 heteroatoms. The fourth-order valence-electron chi connectivity index (χ4n) is 3.64. The summed E-state index contributed by atoms with van der Waals surface area (Å²) >= 11 is 0. The number of alkyl halides is 3. The van der Waals surface area contributed by atoms with Gasteiger partial charge in [-0.05, 0) is 57.3 Å². The fraction of sp³-hybridized carbons (Fsp3) is 0.115. The Morgan fingerprint density at radius 2 is 1.56 bits per heavy atom. The lowest BCUT2D eigenvalue weighted by atomic mass is 9.96. The van der Waals surface area contributed by atoms with Gasteiger partial charge in [-0.1, -0.05) is 60.7 Å². The summed E-state index contributed by atoms with van der Waals surface area (Å²) in [6.45, 7) is 0.268. The molecule has 0 heterocycles. The largest absolute Gasteiger partial charge is 0.416 e. The molecule has 32 heavy (non-hydrogen) atoms. The number of hydrogen-bond acceptors (Lipinski definition) is 2. The van der Waals surface area contributed by atoms with E-state index in [0.717, 1.165) is 39.6 Å². The molecule has 162 valence electrons. The predicted molar refractivity (Wildman–Crippen MR) is 118 cm³/mol. The average molecular weight is 435 g/mol. The van der Waals surface area contributed by atoms with Crippen LogP contribution < -0.4 is 5.32 Å². The van der Waals surface area contributed by atoms with Crippen molar-refractivity contribution >= 4 is 16.7 Å². The van der Waals surface area contributed by atoms with Crippen molar-refractivity contribution in [1.29, 1.82) is 0 Å². The number of fused-ring (bicyclic) bond motifs is 1. The van der Waals surface area contributed by atoms with Crippen LogP contribution in [0.15, 0.2) is 84.9 Å². The summed E-state index contributed by atoms with van der Waals surface area (Å²) in [5.74, 6) is -0.235. The number of aliphatic hydroxyl groups excluding tert-OH is 1. The van der Waals surface area contributed by atoms with Crippen LogP contribution in [0.1, 0.15) is 27.0 Å². The number of amides is 1. The van der Waals surface area contributed by atoms with Gasteiger partial charge in [0.05, 0.1) is 12.2 Å². The molecule has 4 aromatic carbocycles. The van der Waals surface area contributed by atoms with Gasteiger partial charge in [0, 0.05) is 12.1 Å². The van der Waals surface area contributed by atoms with Crippen molar-refractivity contribution in [2.45, 2.75) is 19.3 Å². The molecule has 4 aromatic rings. The Bertz CT molecular complexity index is 1260. The van der Waals surface area contributed by atoms with Crippen molar-refractivity contribution < 1.29 is 23.1 Å². The summed E-state index contributed by atoms with van der Waals surface area (Å²) < 4.78 is 38.6. The summed E-state index contributed by atoms with van der Waals surface area (Å²) in [6.07, 6.45) is -4.38. The average Bonchev–Trinajstić information content (AvgIpc) is 2.81. The van der Waals surface area contributed by atoms with E-state index in [2.05, 4.69) is 5.32 Å². The van der Waals surface area contributed by atoms with Crippen molar-refractivity contribution in [2.24, 2.45) is 0 Å². The highest BCUT2D eigenvalue weighted by Gasteiger charge is 2.30. The molecule has 0 saturated heterocycles. The minimum absolute atomic E-state index is 0.0618. The molecule has 0 fully saturated rings. The number of hydrogen-bond donors (Lipinski definition) is 2. The normalized spacial score (nSPS) is 11.5. The number of nitrogens with one attached hydrogen (secondary N) is 1. The molecule has 0 atom stereocenters. The van der Waals surface area contributed by atoms with Gasteiger partial charge in [-0.2, -0.15) is 13.2 Å². The first kappa shape index (κ1) is 21.6. The van der Waals surface area contributed by atoms with E-state index >= 15 is 0 Å². The van der Waals surface area contributed by atoms with Crippen molar-refractivity contribution in [3.8, 4) is 11.1 Å². The Kier molecular flexibility index (Phi) is 5.97. The van der Waals surface area contributed by atoms with E-state index in [1.54, 1.807) is 12.1 Å². The molecule has 0 aliphatic rings. The van der Waals surface area contributed by atoms with Gasteiger partial charge in [0.2, 0.25) is 0 Å². The molecule has 0 aliphatic carbocycles. The van der Waals surface area contributed by atoms with E-state index in [9.17, 15) is 23.1 Å². The third kappa shape index (κ3) is 4.65. The van der Waals surface area contributed by atoms with Crippen LogP contribution in [0.2, 0.25) is 0 Å². The second kappa shape index (κ2) is 8.85. The summed E-state index contributed by atoms with van der Waals surface area (Å²) in [6, 6.07) is 23.2. The van der Waals surface area contributed by atoms with E-state index < -0.39 is 11.7 Å². The smallest absolute Gasteiger partial charge is 0.392 e. The second-order valence-corrected chi connectivity index (χ2v) is 7.48. The standard InChI is InChI=1S/C26H20F3NO2/c27-26(28,29)22-10-7-19(8-11-22)23-6-2-5-20-14-21(9-12-24(20)23)25(32)30-15-17-3-1-4-18(13-17)16-31/h1-14,31H,15-16H2,(H,30,32). The minimum Gasteiger partial charge on any atom is -0.392 e. The van der Waals surface area contributed by atoms with Gasteiger partial charge < -0.3 is 10.4 Å². The summed E-state index contributed by atoms with van der Waals surface area (Å²) in [7, 11) is 0. The van der Waals surface area contributed by atoms with Crippen LogP contribution in [0, 0.1) is 0 Å². The molecule has 0 aromatic heterocycles. The van der Waals surface area contributed by atoms with Crippen LogP contribution >= 0.6 is 0 Å². The second-order valence-electron chi connectivity index (χ2n) is 7.48. The zero-order valence-electron chi connectivity index (χ0n) is 17.0. The van der Waals surface area contributed by atoms with Crippen molar-refractivity contribution in [1.82, 2.24) is 5.32 Å². The maximum Gasteiger partial charge on any atom is 0.416 e. The van der Waals surface area contributed by atoms with Crippen molar-refractivity contribution in [2.75, 3.05) is 0 Å². The topological polar surface area (TPSA) is 49.3 Å². The molecule has 0 bridgehead atoms. The molecule has 0 spiro atoms. The minimum atomic E-state index is -4.38. The molecule has 0 saturated carbocycles. The Hall–Kier alpha value is -3.64. The van der Waals surface area contributed by atoms with Crippen molar-refractivity contribution in [3.63, 3.8) is 0 Å². The van der Waals surface area contributed by atoms with Gasteiger partial charge in [0.15, 0.2) is 0 Å². The molecular weight excluding hydrogens is 415 g/mol. The fourth-order valence-corrected chi connectivity index (χ4v) is 3.64. The van der Waals surface area contributed by atoms with E-state index in [1.165, 1.54) is 12.1 Å². The summed E-state index contributed by atoms with van der Waals surface area (Å²) in [5, 5.41) is 13.8. The summed E-state index contributed by atoms with van der Waals surface area (Å²) in [4.78, 5) is 12.6. The van der Waals surface area contributed by atoms with Gasteiger partial charge in [0.1, 0.15) is 0 Å². The molecule has 0 unspecified atom stereocenters. The van der Waals surface area contributed by atoms with Gasteiger partial charge in [-0.15, -0.1) is 0 Å². The monoisotopic (exact) mass is 435 g/mol. The van der Waals surface area contributed by atoms with Crippen LogP contribution in [0.4, 0.5) is 13.2 Å². The number of carbonyl (C=O) groups excluding carboxylic acids is 1. The van der Waals surface area contributed by atoms with E-state index in [-0.39, 0.29) is 12.5 Å². The zero-order chi connectivity index (χ0) is 22.7. The highest BCUT2D eigenvalue weighted by atomic mass is 19.4. The van der Waals surface area contributed by atoms with Crippen molar-refractivity contribution in [3.05, 3.63) is 107 Å². The first-order valence-corrected chi connectivity index (χ1v) is 10.0. The number of rotatable bonds is 5. The first-order chi connectivity index (χ1) is 15.3.